The number of hydrogen-bond donors (Lipinski definition) is 1. The van der Waals surface area contributed by atoms with E-state index in [0.717, 1.165) is 17.0 Å². The summed E-state index contributed by atoms with van der Waals surface area (Å²) < 4.78 is 26.8. The van der Waals surface area contributed by atoms with Crippen LogP contribution in [-0.2, 0) is 18.3 Å². The van der Waals surface area contributed by atoms with Crippen LogP contribution in [0.15, 0.2) is 29.2 Å². The number of benzene rings is 1. The Bertz CT molecular complexity index is 685. The van der Waals surface area contributed by atoms with E-state index in [1.54, 1.807) is 28.9 Å². The third-order valence-electron chi connectivity index (χ3n) is 3.37. The monoisotopic (exact) mass is 325 g/mol. The molecule has 1 aromatic heterocycles. The molecule has 0 saturated heterocycles. The summed E-state index contributed by atoms with van der Waals surface area (Å²) in [6, 6.07) is 6.54. The molecular weight excluding hydrogens is 308 g/mol. The molecule has 1 amide bonds. The van der Waals surface area contributed by atoms with Crippen LogP contribution in [0.25, 0.3) is 0 Å². The highest BCUT2D eigenvalue weighted by Crippen LogP contribution is 2.31. The van der Waals surface area contributed by atoms with Gasteiger partial charge in [-0.05, 0) is 26.0 Å². The molecule has 0 spiro atoms. The number of nitrogens with zero attached hydrogens (tertiary/aromatic N) is 2. The van der Waals surface area contributed by atoms with Crippen LogP contribution < -0.4 is 5.32 Å². The third-order valence-corrected chi connectivity index (χ3v) is 4.16. The van der Waals surface area contributed by atoms with Crippen molar-refractivity contribution in [2.24, 2.45) is 7.05 Å². The lowest BCUT2D eigenvalue weighted by Gasteiger charge is -2.10. The number of anilines is 1. The largest absolute Gasteiger partial charge is 0.325 e. The Labute approximate surface area is 131 Å². The zero-order chi connectivity index (χ0) is 16.3. The Hall–Kier alpha value is -1.89. The van der Waals surface area contributed by atoms with Gasteiger partial charge in [0.15, 0.2) is 0 Å². The van der Waals surface area contributed by atoms with Crippen molar-refractivity contribution in [1.29, 1.82) is 0 Å². The SMILES string of the molecule is Cc1nn(C)c(C)c1CC(=O)Nc1ccccc1SC(F)F. The Balaban J connectivity index is 2.12. The standard InChI is InChI=1S/C15H17F2N3OS/c1-9-11(10(2)20(3)19-9)8-14(21)18-12-6-4-5-7-13(12)22-15(16)17/h4-7,15H,8H2,1-3H3,(H,18,21). The smallest absolute Gasteiger partial charge is 0.288 e. The van der Waals surface area contributed by atoms with E-state index in [0.29, 0.717) is 22.3 Å². The second-order valence-corrected chi connectivity index (χ2v) is 5.90. The van der Waals surface area contributed by atoms with E-state index in [-0.39, 0.29) is 12.3 Å². The van der Waals surface area contributed by atoms with Crippen LogP contribution in [0.4, 0.5) is 14.5 Å². The molecule has 1 aromatic carbocycles. The first-order valence-corrected chi connectivity index (χ1v) is 7.59. The second-order valence-electron chi connectivity index (χ2n) is 4.87. The van der Waals surface area contributed by atoms with Crippen molar-refractivity contribution in [3.63, 3.8) is 0 Å². The van der Waals surface area contributed by atoms with Gasteiger partial charge in [-0.1, -0.05) is 23.9 Å². The number of amides is 1. The maximum Gasteiger partial charge on any atom is 0.288 e. The van der Waals surface area contributed by atoms with Gasteiger partial charge in [0, 0.05) is 23.2 Å². The number of aryl methyl sites for hydroxylation is 2. The first-order valence-electron chi connectivity index (χ1n) is 6.71. The van der Waals surface area contributed by atoms with Crippen molar-refractivity contribution in [2.45, 2.75) is 30.9 Å². The average Bonchev–Trinajstić information content (AvgIpc) is 2.67. The summed E-state index contributed by atoms with van der Waals surface area (Å²) in [7, 11) is 1.82. The molecule has 0 fully saturated rings. The molecule has 2 rings (SSSR count). The molecule has 7 heteroatoms. The predicted octanol–water partition coefficient (Wildman–Crippen LogP) is 3.53. The Morgan fingerprint density at radius 1 is 1.36 bits per heavy atom. The fourth-order valence-corrected chi connectivity index (χ4v) is 2.79. The van der Waals surface area contributed by atoms with Crippen LogP contribution >= 0.6 is 11.8 Å². The summed E-state index contributed by atoms with van der Waals surface area (Å²) in [6.07, 6.45) is 0.166. The molecule has 1 N–H and O–H groups in total. The number of alkyl halides is 2. The first-order chi connectivity index (χ1) is 10.4. The van der Waals surface area contributed by atoms with Gasteiger partial charge in [0.1, 0.15) is 0 Å². The molecule has 0 saturated carbocycles. The fraction of sp³-hybridized carbons (Fsp3) is 0.333. The summed E-state index contributed by atoms with van der Waals surface area (Å²) in [5.74, 6) is -2.78. The van der Waals surface area contributed by atoms with Crippen LogP contribution in [-0.4, -0.2) is 21.4 Å². The molecule has 4 nitrogen and oxygen atoms in total. The molecule has 0 aliphatic heterocycles. The molecule has 118 valence electrons. The van der Waals surface area contributed by atoms with E-state index in [1.807, 2.05) is 20.9 Å². The minimum atomic E-state index is -2.53. The topological polar surface area (TPSA) is 46.9 Å². The van der Waals surface area contributed by atoms with E-state index in [9.17, 15) is 13.6 Å². The van der Waals surface area contributed by atoms with Gasteiger partial charge >= 0.3 is 0 Å². The normalized spacial score (nSPS) is 11.0. The van der Waals surface area contributed by atoms with Gasteiger partial charge in [-0.2, -0.15) is 13.9 Å². The first kappa shape index (κ1) is 16.5. The zero-order valence-electron chi connectivity index (χ0n) is 12.6. The summed E-state index contributed by atoms with van der Waals surface area (Å²) in [5.41, 5.74) is 2.98. The number of carbonyl (C=O) groups excluding carboxylic acids is 1. The number of carbonyl (C=O) groups is 1. The second kappa shape index (κ2) is 6.91. The average molecular weight is 325 g/mol. The minimum absolute atomic E-state index is 0.166. The van der Waals surface area contributed by atoms with Crippen molar-refractivity contribution in [3.8, 4) is 0 Å². The lowest BCUT2D eigenvalue weighted by molar-refractivity contribution is -0.115. The molecule has 0 unspecified atom stereocenters. The molecule has 0 aliphatic carbocycles. The van der Waals surface area contributed by atoms with Crippen molar-refractivity contribution >= 4 is 23.4 Å². The minimum Gasteiger partial charge on any atom is -0.325 e. The number of halogens is 2. The maximum atomic E-state index is 12.5. The number of aromatic nitrogens is 2. The van der Waals surface area contributed by atoms with Gasteiger partial charge in [-0.15, -0.1) is 0 Å². The van der Waals surface area contributed by atoms with Crippen molar-refractivity contribution < 1.29 is 13.6 Å². The van der Waals surface area contributed by atoms with E-state index < -0.39 is 5.76 Å². The van der Waals surface area contributed by atoms with Gasteiger partial charge in [0.2, 0.25) is 5.91 Å². The summed E-state index contributed by atoms with van der Waals surface area (Å²) >= 11 is 0.419. The number of para-hydroxylation sites is 1. The Morgan fingerprint density at radius 2 is 2.05 bits per heavy atom. The molecule has 0 bridgehead atoms. The lowest BCUT2D eigenvalue weighted by atomic mass is 10.1. The number of thioether (sulfide) groups is 1. The molecule has 0 radical (unpaired) electrons. The van der Waals surface area contributed by atoms with Crippen LogP contribution in [0.2, 0.25) is 0 Å². The quantitative estimate of drug-likeness (QED) is 0.856. The third kappa shape index (κ3) is 3.85. The van der Waals surface area contributed by atoms with Crippen molar-refractivity contribution in [1.82, 2.24) is 9.78 Å². The molecule has 22 heavy (non-hydrogen) atoms. The van der Waals surface area contributed by atoms with E-state index in [4.69, 9.17) is 0 Å². The fourth-order valence-electron chi connectivity index (χ4n) is 2.20. The highest BCUT2D eigenvalue weighted by atomic mass is 32.2. The van der Waals surface area contributed by atoms with Gasteiger partial charge in [-0.3, -0.25) is 9.48 Å². The van der Waals surface area contributed by atoms with Gasteiger partial charge in [-0.25, -0.2) is 0 Å². The molecule has 2 aromatic rings. The molecule has 0 aliphatic rings. The number of rotatable bonds is 5. The summed E-state index contributed by atoms with van der Waals surface area (Å²) in [4.78, 5) is 12.5. The van der Waals surface area contributed by atoms with E-state index >= 15 is 0 Å². The van der Waals surface area contributed by atoms with Crippen molar-refractivity contribution in [3.05, 3.63) is 41.2 Å². The predicted molar refractivity (Wildman–Crippen MR) is 83.3 cm³/mol. The van der Waals surface area contributed by atoms with Crippen LogP contribution in [0.1, 0.15) is 17.0 Å². The Kier molecular flexibility index (Phi) is 5.18. The Morgan fingerprint density at radius 3 is 2.64 bits per heavy atom. The molecular formula is C15H17F2N3OS. The highest BCUT2D eigenvalue weighted by Gasteiger charge is 2.15. The van der Waals surface area contributed by atoms with Gasteiger partial charge in [0.25, 0.3) is 5.76 Å². The lowest BCUT2D eigenvalue weighted by Crippen LogP contribution is -2.16. The van der Waals surface area contributed by atoms with E-state index in [2.05, 4.69) is 10.4 Å². The van der Waals surface area contributed by atoms with Gasteiger partial charge < -0.3 is 5.32 Å². The summed E-state index contributed by atoms with van der Waals surface area (Å²) in [6.45, 7) is 3.74. The van der Waals surface area contributed by atoms with Crippen LogP contribution in [0.3, 0.4) is 0 Å². The zero-order valence-corrected chi connectivity index (χ0v) is 13.4. The number of nitrogens with one attached hydrogen (secondary N) is 1. The van der Waals surface area contributed by atoms with Crippen molar-refractivity contribution in [2.75, 3.05) is 5.32 Å². The number of hydrogen-bond acceptors (Lipinski definition) is 3. The van der Waals surface area contributed by atoms with E-state index in [1.165, 1.54) is 0 Å². The maximum absolute atomic E-state index is 12.5. The van der Waals surface area contributed by atoms with Crippen LogP contribution in [0.5, 0.6) is 0 Å². The summed E-state index contributed by atoms with van der Waals surface area (Å²) in [5, 5.41) is 6.96. The molecule has 1 heterocycles. The van der Waals surface area contributed by atoms with Crippen LogP contribution in [0, 0.1) is 13.8 Å². The molecule has 0 atom stereocenters. The van der Waals surface area contributed by atoms with Gasteiger partial charge in [0.05, 0.1) is 17.8 Å². The highest BCUT2D eigenvalue weighted by molar-refractivity contribution is 7.99.